The Labute approximate surface area is 746 Å². The molecule has 4 unspecified atom stereocenters. The molecule has 4 aromatic rings. The standard InChI is InChI=1S/C27H33NO3.C14H15NO.C14H22O3.C13H19NO.C13H20O3.C12H20O.C12H18O.Li.H2O/c29-25(16-27-13-21-10-22(14-27)12-23(11-21)15-27)26(30)28-17-19-6-8-24(9-7-19)31-18-20-4-2-1-3-5-20;15-10-12-6-8-14(9-7-12)16-11-13-4-2-1-3-5-13;1-17-13(16)12(15)8-14-5-9-2-10(6-14)4-11(3-9)7-14;14-8-12(15)7-13-4-9-1-10(5-13)3-11(2-9)6-13;14-11(12(15)16)7-13-4-8-1-9(5-13)3-10(2-8)6-13;2*13-2-1-12-6-9-3-10(7-12)5-11(4-9)8-12;;/h1-9,21-23,25,29H,10-18H2,(H,28,30);1-9H,10-11,15H2;9-12,15H,2-8H2,1H3;9-12,15H,1-7H2;8-11,14H,1-7H2,(H,15,16);9-11,13H,1-8H2;2,9-11H,1,3-8H2;;1H2/q;;;;;;;+1;/p-1. The SMILES string of the molecule is COC(=O)C(O)CC12CC3CC(CC(C3)C1)C2.N#CC(O)CC12CC3CC(CC(C3)C1)C2.NCc1ccc(OCc2ccccc2)cc1.O=C(NCc1ccc(OCc2ccccc2)cc1)C(O)CC12CC3CC(CC(C3)C1)C2.O=C(O)C(O)CC12CC3CC(CC(C3)C1)C2.O=CCC12CC3CC(CC(C3)C1)C2.OCCC12CC3CC(CC(C3)C1)C2.[Li+].[OH-]. The molecule has 0 aromatic heterocycles. The predicted molar refractivity (Wildman–Crippen MR) is 470 cm³/mol. The Morgan fingerprint density at radius 1 is 0.423 bits per heavy atom. The molecule has 0 aliphatic heterocycles. The number of carbonyl (C=O) groups excluding carboxylic acids is 3. The number of amides is 1. The molecule has 28 rings (SSSR count). The molecule has 1 amide bonds. The number of aliphatic hydroxyl groups is 5. The van der Waals surface area contributed by atoms with Gasteiger partial charge in [-0.3, -0.25) is 4.79 Å². The summed E-state index contributed by atoms with van der Waals surface area (Å²) >= 11 is 0. The molecular weight excluding hydrogens is 1530 g/mol. The van der Waals surface area contributed by atoms with E-state index in [1.807, 2.05) is 115 Å². The number of aliphatic carboxylic acids is 1. The number of carboxylic acid groups (broad SMARTS) is 1. The average molecular weight is 1680 g/mol. The van der Waals surface area contributed by atoms with Gasteiger partial charge in [-0.15, -0.1) is 0 Å². The largest absolute Gasteiger partial charge is 1.00 e. The molecule has 0 saturated heterocycles. The molecule has 4 aromatic carbocycles. The van der Waals surface area contributed by atoms with Gasteiger partial charge in [-0.25, -0.2) is 9.59 Å². The Kier molecular flexibility index (Phi) is 31.2. The number of hydrogen-bond acceptors (Lipinski definition) is 15. The third-order valence-electron chi connectivity index (χ3n) is 34.9. The van der Waals surface area contributed by atoms with Crippen molar-refractivity contribution in [2.45, 2.75) is 320 Å². The molecule has 17 nitrogen and oxygen atoms in total. The van der Waals surface area contributed by atoms with Crippen molar-refractivity contribution in [2.75, 3.05) is 13.7 Å². The number of nitriles is 1. The summed E-state index contributed by atoms with van der Waals surface area (Å²) in [6, 6.07) is 37.8. The minimum absolute atomic E-state index is 0. The second kappa shape index (κ2) is 41.0. The van der Waals surface area contributed by atoms with Crippen molar-refractivity contribution in [3.63, 3.8) is 0 Å². The van der Waals surface area contributed by atoms with Gasteiger partial charge in [0.05, 0.1) is 13.2 Å². The van der Waals surface area contributed by atoms with Gasteiger partial charge in [0, 0.05) is 26.1 Å². The van der Waals surface area contributed by atoms with Gasteiger partial charge in [-0.05, 0) is 449 Å². The van der Waals surface area contributed by atoms with E-state index in [4.69, 9.17) is 30.7 Å². The summed E-state index contributed by atoms with van der Waals surface area (Å²) in [7, 11) is 1.35. The summed E-state index contributed by atoms with van der Waals surface area (Å²) in [6.45, 7) is 2.55. The van der Waals surface area contributed by atoms with Gasteiger partial charge in [0.25, 0.3) is 0 Å². The number of ether oxygens (including phenoxy) is 3. The van der Waals surface area contributed by atoms with Gasteiger partial charge in [-0.1, -0.05) is 84.9 Å². The van der Waals surface area contributed by atoms with Crippen LogP contribution in [0.5, 0.6) is 11.5 Å². The third kappa shape index (κ3) is 23.7. The van der Waals surface area contributed by atoms with Gasteiger partial charge < -0.3 is 66.2 Å². The minimum Gasteiger partial charge on any atom is -0.870 e. The number of aliphatic hydroxyl groups excluding tert-OH is 5. The Balaban J connectivity index is 0.000000119. The van der Waals surface area contributed by atoms with Gasteiger partial charge in [0.1, 0.15) is 43.2 Å². The number of nitrogens with two attached hydrogens (primary N) is 1. The van der Waals surface area contributed by atoms with Crippen molar-refractivity contribution >= 4 is 24.1 Å². The van der Waals surface area contributed by atoms with Crippen LogP contribution in [0.3, 0.4) is 0 Å². The van der Waals surface area contributed by atoms with Crippen molar-refractivity contribution < 1.29 is 88.4 Å². The van der Waals surface area contributed by atoms with Crippen LogP contribution in [0.1, 0.15) is 292 Å². The molecule has 24 bridgehead atoms. The number of carboxylic acids is 1. The number of aldehydes is 1. The van der Waals surface area contributed by atoms with E-state index in [9.17, 15) is 39.6 Å². The monoisotopic (exact) mass is 1680 g/mol. The van der Waals surface area contributed by atoms with E-state index in [0.717, 1.165) is 154 Å². The summed E-state index contributed by atoms with van der Waals surface area (Å²) < 4.78 is 16.1. The van der Waals surface area contributed by atoms with Crippen molar-refractivity contribution in [1.29, 1.82) is 5.26 Å². The number of carbonyl (C=O) groups is 4. The summed E-state index contributed by atoms with van der Waals surface area (Å²) in [5.41, 5.74) is 12.0. The smallest absolute Gasteiger partial charge is 0.870 e. The van der Waals surface area contributed by atoms with Crippen molar-refractivity contribution in [3.8, 4) is 17.6 Å². The summed E-state index contributed by atoms with van der Waals surface area (Å²) in [4.78, 5) is 45.4. The maximum atomic E-state index is 12.6. The molecule has 10 N–H and O–H groups in total. The number of esters is 1. The zero-order chi connectivity index (χ0) is 84.1. The van der Waals surface area contributed by atoms with E-state index < -0.39 is 36.4 Å². The van der Waals surface area contributed by atoms with Gasteiger partial charge in [0.2, 0.25) is 5.91 Å². The van der Waals surface area contributed by atoms with Crippen LogP contribution in [0.15, 0.2) is 109 Å². The second-order valence-corrected chi connectivity index (χ2v) is 45.0. The van der Waals surface area contributed by atoms with Crippen molar-refractivity contribution in [1.82, 2.24) is 5.32 Å². The molecule has 0 radical (unpaired) electrons. The fourth-order valence-corrected chi connectivity index (χ4v) is 33.0. The van der Waals surface area contributed by atoms with Crippen LogP contribution in [0.4, 0.5) is 0 Å². The first-order chi connectivity index (χ1) is 58.4. The Morgan fingerprint density at radius 3 is 0.992 bits per heavy atom. The number of nitrogens with one attached hydrogen (secondary N) is 1. The van der Waals surface area contributed by atoms with Gasteiger partial charge >= 0.3 is 30.8 Å². The molecule has 24 fully saturated rings. The molecule has 18 heteroatoms. The van der Waals surface area contributed by atoms with Crippen LogP contribution < -0.4 is 39.4 Å². The Hall–Kier alpha value is -5.63. The van der Waals surface area contributed by atoms with E-state index in [-0.39, 0.29) is 46.5 Å². The number of methoxy groups -OCH3 is 1. The van der Waals surface area contributed by atoms with Crippen molar-refractivity contribution in [3.05, 3.63) is 131 Å². The first kappa shape index (κ1) is 93.5. The quantitative estimate of drug-likeness (QED) is 0.0140. The van der Waals surface area contributed by atoms with E-state index >= 15 is 0 Å². The first-order valence-electron chi connectivity index (χ1n) is 48.4. The first-order valence-corrected chi connectivity index (χ1v) is 48.4. The van der Waals surface area contributed by atoms with E-state index in [0.29, 0.717) is 68.4 Å². The summed E-state index contributed by atoms with van der Waals surface area (Å²) in [6.07, 6.45) is 50.8. The van der Waals surface area contributed by atoms with Crippen molar-refractivity contribution in [2.24, 2.45) is 145 Å². The average Bonchev–Trinajstić information content (AvgIpc) is 0.770. The number of benzene rings is 4. The van der Waals surface area contributed by atoms with Crippen LogP contribution >= 0.6 is 0 Å². The zero-order valence-corrected chi connectivity index (χ0v) is 74.4. The number of rotatable bonds is 24. The van der Waals surface area contributed by atoms with Crippen LogP contribution in [0, 0.1) is 150 Å². The van der Waals surface area contributed by atoms with Gasteiger partial charge in [0.15, 0.2) is 12.2 Å². The molecule has 24 aliphatic carbocycles. The molecule has 123 heavy (non-hydrogen) atoms. The van der Waals surface area contributed by atoms with Crippen LogP contribution in [-0.2, 0) is 50.2 Å². The Bertz CT molecular complexity index is 3900. The maximum Gasteiger partial charge on any atom is 1.00 e. The maximum absolute atomic E-state index is 12.6. The zero-order valence-electron chi connectivity index (χ0n) is 74.4. The molecule has 668 valence electrons. The second-order valence-electron chi connectivity index (χ2n) is 45.0. The number of hydrogen-bond donors (Lipinski definition) is 8. The van der Waals surface area contributed by atoms with E-state index in [2.05, 4.69) is 10.1 Å². The molecule has 4 atom stereocenters. The molecule has 24 aliphatic rings. The normalized spacial score (nSPS) is 38.1. The topological polar surface area (TPSA) is 309 Å². The van der Waals surface area contributed by atoms with Crippen LogP contribution in [0.25, 0.3) is 0 Å². The molecule has 0 heterocycles. The Morgan fingerprint density at radius 2 is 0.707 bits per heavy atom. The van der Waals surface area contributed by atoms with E-state index in [1.54, 1.807) is 0 Å². The third-order valence-corrected chi connectivity index (χ3v) is 34.9. The summed E-state index contributed by atoms with van der Waals surface area (Å²) in [5, 5.41) is 69.3. The number of nitrogens with zero attached hydrogens (tertiary/aromatic N) is 1. The van der Waals surface area contributed by atoms with Crippen LogP contribution in [0.2, 0.25) is 0 Å². The predicted octanol–water partition coefficient (Wildman–Crippen LogP) is 16.4. The fourth-order valence-electron chi connectivity index (χ4n) is 33.0. The van der Waals surface area contributed by atoms with Gasteiger partial charge in [-0.2, -0.15) is 5.26 Å². The summed E-state index contributed by atoms with van der Waals surface area (Å²) in [5.74, 6) is 16.4. The van der Waals surface area contributed by atoms with E-state index in [1.165, 1.54) is 250 Å². The molecular formula is C105H148LiN3O14. The fraction of sp³-hybridized carbons (Fsp3) is 0.724. The minimum atomic E-state index is -1.14. The van der Waals surface area contributed by atoms with Crippen LogP contribution in [-0.4, -0.2) is 98.4 Å². The molecule has 0 spiro atoms. The molecule has 24 saturated carbocycles.